The molecule has 0 radical (unpaired) electrons. The molecule has 0 aliphatic rings. The molecule has 1 unspecified atom stereocenters. The average molecular weight is 427 g/mol. The first-order valence-corrected chi connectivity index (χ1v) is 10.8. The lowest BCUT2D eigenvalue weighted by atomic mass is 10.1. The lowest BCUT2D eigenvalue weighted by molar-refractivity contribution is -0.119. The van der Waals surface area contributed by atoms with Crippen LogP contribution in [0.1, 0.15) is 24.5 Å². The van der Waals surface area contributed by atoms with Crippen LogP contribution in [0.15, 0.2) is 48.5 Å². The van der Waals surface area contributed by atoms with Gasteiger partial charge in [-0.25, -0.2) is 4.39 Å². The van der Waals surface area contributed by atoms with Gasteiger partial charge in [0.2, 0.25) is 5.91 Å². The molecule has 1 atom stereocenters. The van der Waals surface area contributed by atoms with E-state index in [0.29, 0.717) is 19.4 Å². The van der Waals surface area contributed by atoms with Crippen LogP contribution in [-0.2, 0) is 27.9 Å². The maximum absolute atomic E-state index is 13.1. The third kappa shape index (κ3) is 12.6. The minimum absolute atomic E-state index is 0.205. The average Bonchev–Trinajstić information content (AvgIpc) is 2.63. The first-order chi connectivity index (χ1) is 13.5. The zero-order valence-corrected chi connectivity index (χ0v) is 17.3. The SMILES string of the molecule is CC(NCc1ccc(OCCCc2cccc(F)c2)cc1)C(N)=O.CS(=O)(=O)O. The van der Waals surface area contributed by atoms with Gasteiger partial charge in [-0.15, -0.1) is 0 Å². The number of nitrogens with one attached hydrogen (secondary N) is 1. The second-order valence-corrected chi connectivity index (χ2v) is 7.93. The first kappa shape index (κ1) is 24.5. The van der Waals surface area contributed by atoms with Crippen LogP contribution in [0.4, 0.5) is 4.39 Å². The fourth-order valence-electron chi connectivity index (χ4n) is 2.23. The molecule has 0 fully saturated rings. The van der Waals surface area contributed by atoms with E-state index in [9.17, 15) is 17.6 Å². The molecule has 0 aliphatic heterocycles. The van der Waals surface area contributed by atoms with Gasteiger partial charge in [-0.1, -0.05) is 24.3 Å². The molecule has 0 aliphatic carbocycles. The van der Waals surface area contributed by atoms with E-state index >= 15 is 0 Å². The largest absolute Gasteiger partial charge is 0.494 e. The maximum atomic E-state index is 13.1. The van der Waals surface area contributed by atoms with Gasteiger partial charge in [0.1, 0.15) is 11.6 Å². The molecule has 0 bridgehead atoms. The molecule has 0 saturated carbocycles. The van der Waals surface area contributed by atoms with Crippen molar-refractivity contribution >= 4 is 16.0 Å². The molecule has 2 aromatic rings. The Kier molecular flexibility index (Phi) is 10.3. The van der Waals surface area contributed by atoms with Gasteiger partial charge in [-0.3, -0.25) is 9.35 Å². The van der Waals surface area contributed by atoms with Gasteiger partial charge in [-0.2, -0.15) is 8.42 Å². The summed E-state index contributed by atoms with van der Waals surface area (Å²) in [6, 6.07) is 14.0. The molecule has 1 amide bonds. The zero-order valence-electron chi connectivity index (χ0n) is 16.5. The number of rotatable bonds is 9. The van der Waals surface area contributed by atoms with Crippen molar-refractivity contribution in [2.45, 2.75) is 32.4 Å². The summed E-state index contributed by atoms with van der Waals surface area (Å²) in [6.45, 7) is 2.88. The Morgan fingerprint density at radius 3 is 2.38 bits per heavy atom. The van der Waals surface area contributed by atoms with E-state index in [-0.39, 0.29) is 17.8 Å². The van der Waals surface area contributed by atoms with Gasteiger partial charge in [0.05, 0.1) is 18.9 Å². The molecule has 4 N–H and O–H groups in total. The second kappa shape index (κ2) is 12.2. The Labute approximate surface area is 170 Å². The molecule has 160 valence electrons. The van der Waals surface area contributed by atoms with Gasteiger partial charge in [0.25, 0.3) is 10.1 Å². The molecule has 7 nitrogen and oxygen atoms in total. The lowest BCUT2D eigenvalue weighted by Crippen LogP contribution is -2.38. The van der Waals surface area contributed by atoms with Crippen molar-refractivity contribution in [3.63, 3.8) is 0 Å². The molecule has 0 saturated heterocycles. The summed E-state index contributed by atoms with van der Waals surface area (Å²) in [5, 5.41) is 3.05. The number of hydrogen-bond acceptors (Lipinski definition) is 5. The van der Waals surface area contributed by atoms with E-state index in [1.165, 1.54) is 6.07 Å². The highest BCUT2D eigenvalue weighted by atomic mass is 32.2. The van der Waals surface area contributed by atoms with Crippen LogP contribution in [0.2, 0.25) is 0 Å². The van der Waals surface area contributed by atoms with Crippen LogP contribution in [0.5, 0.6) is 5.75 Å². The van der Waals surface area contributed by atoms with Gasteiger partial charge < -0.3 is 15.8 Å². The molecular weight excluding hydrogens is 399 g/mol. The summed E-state index contributed by atoms with van der Waals surface area (Å²) < 4.78 is 44.6. The van der Waals surface area contributed by atoms with Gasteiger partial charge in [0, 0.05) is 6.54 Å². The monoisotopic (exact) mass is 426 g/mol. The summed E-state index contributed by atoms with van der Waals surface area (Å²) in [5.41, 5.74) is 7.23. The van der Waals surface area contributed by atoms with Crippen molar-refractivity contribution < 1.29 is 26.9 Å². The molecule has 9 heteroatoms. The predicted octanol–water partition coefficient (Wildman–Crippen LogP) is 2.30. The number of hydrogen-bond donors (Lipinski definition) is 3. The number of nitrogens with two attached hydrogens (primary N) is 1. The first-order valence-electron chi connectivity index (χ1n) is 8.96. The van der Waals surface area contributed by atoms with E-state index < -0.39 is 10.1 Å². The van der Waals surface area contributed by atoms with Crippen molar-refractivity contribution in [1.29, 1.82) is 0 Å². The number of carbonyl (C=O) groups excluding carboxylic acids is 1. The number of primary amides is 1. The van der Waals surface area contributed by atoms with E-state index in [4.69, 9.17) is 15.0 Å². The summed E-state index contributed by atoms with van der Waals surface area (Å²) in [5.74, 6) is 0.220. The number of ether oxygens (including phenoxy) is 1. The number of amides is 1. The molecular formula is C20H27FN2O5S. The highest BCUT2D eigenvalue weighted by molar-refractivity contribution is 7.85. The Bertz CT molecular complexity index is 865. The number of halogens is 1. The van der Waals surface area contributed by atoms with Crippen LogP contribution >= 0.6 is 0 Å². The Morgan fingerprint density at radius 2 is 1.83 bits per heavy atom. The quantitative estimate of drug-likeness (QED) is 0.418. The second-order valence-electron chi connectivity index (χ2n) is 6.46. The van der Waals surface area contributed by atoms with Crippen molar-refractivity contribution in [3.05, 3.63) is 65.5 Å². The zero-order chi connectivity index (χ0) is 21.9. The topological polar surface area (TPSA) is 119 Å². The normalized spacial score (nSPS) is 11.9. The minimum atomic E-state index is -3.67. The van der Waals surface area contributed by atoms with Crippen LogP contribution in [0.3, 0.4) is 0 Å². The van der Waals surface area contributed by atoms with Crippen molar-refractivity contribution in [2.75, 3.05) is 12.9 Å². The van der Waals surface area contributed by atoms with E-state index in [0.717, 1.165) is 29.7 Å². The van der Waals surface area contributed by atoms with E-state index in [1.807, 2.05) is 30.3 Å². The Balaban J connectivity index is 0.000000749. The highest BCUT2D eigenvalue weighted by Gasteiger charge is 2.07. The number of carbonyl (C=O) groups is 1. The fraction of sp³-hybridized carbons (Fsp3) is 0.350. The van der Waals surface area contributed by atoms with Gasteiger partial charge in [-0.05, 0) is 55.2 Å². The van der Waals surface area contributed by atoms with Crippen LogP contribution in [-0.4, -0.2) is 37.8 Å². The Hall–Kier alpha value is -2.49. The molecule has 29 heavy (non-hydrogen) atoms. The summed E-state index contributed by atoms with van der Waals surface area (Å²) in [7, 11) is -3.67. The van der Waals surface area contributed by atoms with E-state index in [1.54, 1.807) is 19.1 Å². The number of aryl methyl sites for hydroxylation is 1. The summed E-state index contributed by atoms with van der Waals surface area (Å²) in [6.07, 6.45) is 2.32. The molecule has 0 spiro atoms. The minimum Gasteiger partial charge on any atom is -0.494 e. The van der Waals surface area contributed by atoms with Gasteiger partial charge in [0.15, 0.2) is 0 Å². The summed E-state index contributed by atoms with van der Waals surface area (Å²) in [4.78, 5) is 11.0. The fourth-order valence-corrected chi connectivity index (χ4v) is 2.23. The van der Waals surface area contributed by atoms with Crippen LogP contribution < -0.4 is 15.8 Å². The molecule has 2 rings (SSSR count). The van der Waals surface area contributed by atoms with Crippen molar-refractivity contribution in [1.82, 2.24) is 5.32 Å². The molecule has 0 heterocycles. The maximum Gasteiger partial charge on any atom is 0.261 e. The van der Waals surface area contributed by atoms with E-state index in [2.05, 4.69) is 5.32 Å². The van der Waals surface area contributed by atoms with Crippen LogP contribution in [0.25, 0.3) is 0 Å². The third-order valence-electron chi connectivity index (χ3n) is 3.73. The van der Waals surface area contributed by atoms with Crippen molar-refractivity contribution in [2.24, 2.45) is 5.73 Å². The lowest BCUT2D eigenvalue weighted by Gasteiger charge is -2.11. The van der Waals surface area contributed by atoms with Gasteiger partial charge >= 0.3 is 0 Å². The smallest absolute Gasteiger partial charge is 0.261 e. The number of benzene rings is 2. The molecule has 0 aromatic heterocycles. The highest BCUT2D eigenvalue weighted by Crippen LogP contribution is 2.13. The summed E-state index contributed by atoms with van der Waals surface area (Å²) >= 11 is 0. The Morgan fingerprint density at radius 1 is 1.21 bits per heavy atom. The third-order valence-corrected chi connectivity index (χ3v) is 3.73. The van der Waals surface area contributed by atoms with Crippen LogP contribution in [0, 0.1) is 5.82 Å². The predicted molar refractivity (Wildman–Crippen MR) is 110 cm³/mol. The van der Waals surface area contributed by atoms with Crippen molar-refractivity contribution in [3.8, 4) is 5.75 Å². The standard InChI is InChI=1S/C19H23FN2O2.CH4O3S/c1-14(19(21)23)22-13-16-7-9-18(10-8-16)24-11-3-5-15-4-2-6-17(20)12-15;1-5(2,3)4/h2,4,6-10,12,14,22H,3,5,11,13H2,1H3,(H2,21,23);1H3,(H,2,3,4). The molecule has 2 aromatic carbocycles.